The van der Waals surface area contributed by atoms with Gasteiger partial charge in [0.1, 0.15) is 5.75 Å². The monoisotopic (exact) mass is 304 g/mol. The molecule has 118 valence electrons. The third kappa shape index (κ3) is 4.93. The lowest BCUT2D eigenvalue weighted by molar-refractivity contribution is -0.140. The van der Waals surface area contributed by atoms with Crippen LogP contribution in [0.25, 0.3) is 0 Å². The van der Waals surface area contributed by atoms with E-state index >= 15 is 0 Å². The SMILES string of the molecule is CCN(C)C(=O)COc1ccc(CCN)cc1C(F)(F)F. The van der Waals surface area contributed by atoms with Crippen LogP contribution >= 0.6 is 0 Å². The van der Waals surface area contributed by atoms with Gasteiger partial charge in [-0.05, 0) is 37.6 Å². The second kappa shape index (κ2) is 7.31. The van der Waals surface area contributed by atoms with Crippen molar-refractivity contribution < 1.29 is 22.7 Å². The van der Waals surface area contributed by atoms with Gasteiger partial charge >= 0.3 is 6.18 Å². The van der Waals surface area contributed by atoms with Gasteiger partial charge in [0, 0.05) is 13.6 Å². The van der Waals surface area contributed by atoms with E-state index < -0.39 is 18.3 Å². The Morgan fingerprint density at radius 1 is 1.38 bits per heavy atom. The number of carbonyl (C=O) groups is 1. The summed E-state index contributed by atoms with van der Waals surface area (Å²) in [6.07, 6.45) is -4.19. The van der Waals surface area contributed by atoms with Crippen LogP contribution in [0.3, 0.4) is 0 Å². The third-order valence-corrected chi connectivity index (χ3v) is 3.03. The van der Waals surface area contributed by atoms with Crippen LogP contribution in [0.4, 0.5) is 13.2 Å². The standard InChI is InChI=1S/C14H19F3N2O2/c1-3-19(2)13(20)9-21-12-5-4-10(6-7-18)8-11(12)14(15,16)17/h4-5,8H,3,6-7,9,18H2,1-2H3. The number of rotatable bonds is 6. The average Bonchev–Trinajstić information content (AvgIpc) is 2.43. The maximum atomic E-state index is 13.0. The number of hydrogen-bond donors (Lipinski definition) is 1. The van der Waals surface area contributed by atoms with Crippen molar-refractivity contribution in [2.75, 3.05) is 26.7 Å². The van der Waals surface area contributed by atoms with Crippen molar-refractivity contribution >= 4 is 5.91 Å². The number of amides is 1. The molecule has 0 aliphatic carbocycles. The fraction of sp³-hybridized carbons (Fsp3) is 0.500. The third-order valence-electron chi connectivity index (χ3n) is 3.03. The van der Waals surface area contributed by atoms with Crippen LogP contribution in [-0.2, 0) is 17.4 Å². The molecule has 0 bridgehead atoms. The number of ether oxygens (including phenoxy) is 1. The van der Waals surface area contributed by atoms with Crippen LogP contribution in [0.5, 0.6) is 5.75 Å². The zero-order valence-electron chi connectivity index (χ0n) is 12.0. The lowest BCUT2D eigenvalue weighted by atomic mass is 10.1. The van der Waals surface area contributed by atoms with Gasteiger partial charge in [-0.2, -0.15) is 13.2 Å². The van der Waals surface area contributed by atoms with Crippen LogP contribution in [0.2, 0.25) is 0 Å². The molecule has 1 aromatic rings. The van der Waals surface area contributed by atoms with E-state index in [0.717, 1.165) is 6.07 Å². The van der Waals surface area contributed by atoms with Gasteiger partial charge in [0.15, 0.2) is 6.61 Å². The van der Waals surface area contributed by atoms with Crippen LogP contribution in [0.15, 0.2) is 18.2 Å². The highest BCUT2D eigenvalue weighted by atomic mass is 19.4. The van der Waals surface area contributed by atoms with Crippen LogP contribution in [0, 0.1) is 0 Å². The molecule has 0 spiro atoms. The molecule has 0 aromatic heterocycles. The zero-order chi connectivity index (χ0) is 16.0. The van der Waals surface area contributed by atoms with Crippen LogP contribution < -0.4 is 10.5 Å². The molecular weight excluding hydrogens is 285 g/mol. The maximum Gasteiger partial charge on any atom is 0.419 e. The first-order chi connectivity index (χ1) is 9.79. The number of nitrogens with zero attached hydrogens (tertiary/aromatic N) is 1. The quantitative estimate of drug-likeness (QED) is 0.875. The summed E-state index contributed by atoms with van der Waals surface area (Å²) in [5.74, 6) is -0.724. The number of alkyl halides is 3. The molecule has 1 rings (SSSR count). The Hall–Kier alpha value is -1.76. The second-order valence-corrected chi connectivity index (χ2v) is 4.56. The highest BCUT2D eigenvalue weighted by molar-refractivity contribution is 5.77. The molecule has 0 radical (unpaired) electrons. The van der Waals surface area contributed by atoms with E-state index in [1.54, 1.807) is 14.0 Å². The molecule has 0 atom stereocenters. The van der Waals surface area contributed by atoms with Crippen molar-refractivity contribution in [1.82, 2.24) is 4.90 Å². The minimum atomic E-state index is -4.54. The molecule has 21 heavy (non-hydrogen) atoms. The van der Waals surface area contributed by atoms with E-state index in [9.17, 15) is 18.0 Å². The molecule has 1 amide bonds. The zero-order valence-corrected chi connectivity index (χ0v) is 12.0. The van der Waals surface area contributed by atoms with Gasteiger partial charge in [0.25, 0.3) is 5.91 Å². The number of hydrogen-bond acceptors (Lipinski definition) is 3. The van der Waals surface area contributed by atoms with Gasteiger partial charge in [-0.3, -0.25) is 4.79 Å². The summed E-state index contributed by atoms with van der Waals surface area (Å²) in [7, 11) is 1.56. The van der Waals surface area contributed by atoms with Crippen molar-refractivity contribution in [2.24, 2.45) is 5.73 Å². The van der Waals surface area contributed by atoms with Crippen molar-refractivity contribution in [2.45, 2.75) is 19.5 Å². The molecule has 0 saturated heterocycles. The Kier molecular flexibility index (Phi) is 6.02. The van der Waals surface area contributed by atoms with Crippen LogP contribution in [0.1, 0.15) is 18.1 Å². The van der Waals surface area contributed by atoms with Crippen LogP contribution in [-0.4, -0.2) is 37.6 Å². The number of likely N-dealkylation sites (N-methyl/N-ethyl adjacent to an activating group) is 1. The van der Waals surface area contributed by atoms with E-state index in [2.05, 4.69) is 0 Å². The molecule has 0 aliphatic rings. The Labute approximate surface area is 121 Å². The minimum absolute atomic E-state index is 0.261. The Balaban J connectivity index is 2.93. The highest BCUT2D eigenvalue weighted by Gasteiger charge is 2.34. The fourth-order valence-electron chi connectivity index (χ4n) is 1.67. The first-order valence-electron chi connectivity index (χ1n) is 6.56. The predicted molar refractivity (Wildman–Crippen MR) is 73.0 cm³/mol. The van der Waals surface area contributed by atoms with E-state index in [4.69, 9.17) is 10.5 Å². The highest BCUT2D eigenvalue weighted by Crippen LogP contribution is 2.36. The summed E-state index contributed by atoms with van der Waals surface area (Å²) in [5.41, 5.74) is 4.93. The Bertz CT molecular complexity index is 490. The molecule has 4 nitrogen and oxygen atoms in total. The maximum absolute atomic E-state index is 13.0. The first kappa shape index (κ1) is 17.3. The van der Waals surface area contributed by atoms with Gasteiger partial charge in [-0.25, -0.2) is 0 Å². The lowest BCUT2D eigenvalue weighted by Crippen LogP contribution is -2.31. The van der Waals surface area contributed by atoms with E-state index in [1.807, 2.05) is 0 Å². The molecule has 0 saturated carbocycles. The summed E-state index contributed by atoms with van der Waals surface area (Å²) >= 11 is 0. The fourth-order valence-corrected chi connectivity index (χ4v) is 1.67. The second-order valence-electron chi connectivity index (χ2n) is 4.56. The molecular formula is C14H19F3N2O2. The van der Waals surface area contributed by atoms with Crippen molar-refractivity contribution in [3.05, 3.63) is 29.3 Å². The first-order valence-corrected chi connectivity index (χ1v) is 6.56. The van der Waals surface area contributed by atoms with E-state index in [0.29, 0.717) is 18.5 Å². The number of carbonyl (C=O) groups excluding carboxylic acids is 1. The van der Waals surface area contributed by atoms with Gasteiger partial charge in [-0.1, -0.05) is 6.07 Å². The average molecular weight is 304 g/mol. The number of halogens is 3. The molecule has 0 heterocycles. The summed E-state index contributed by atoms with van der Waals surface area (Å²) < 4.78 is 44.1. The van der Waals surface area contributed by atoms with Gasteiger partial charge < -0.3 is 15.4 Å². The predicted octanol–water partition coefficient (Wildman–Crippen LogP) is 2.06. The minimum Gasteiger partial charge on any atom is -0.483 e. The van der Waals surface area contributed by atoms with E-state index in [-0.39, 0.29) is 18.2 Å². The van der Waals surface area contributed by atoms with Crippen molar-refractivity contribution in [3.63, 3.8) is 0 Å². The number of nitrogens with two attached hydrogens (primary N) is 1. The molecule has 0 aliphatic heterocycles. The largest absolute Gasteiger partial charge is 0.483 e. The topological polar surface area (TPSA) is 55.6 Å². The van der Waals surface area contributed by atoms with Crippen molar-refractivity contribution in [3.8, 4) is 5.75 Å². The van der Waals surface area contributed by atoms with Crippen molar-refractivity contribution in [1.29, 1.82) is 0 Å². The van der Waals surface area contributed by atoms with Gasteiger partial charge in [0.2, 0.25) is 0 Å². The molecule has 0 fully saturated rings. The summed E-state index contributed by atoms with van der Waals surface area (Å²) in [6, 6.07) is 3.76. The smallest absolute Gasteiger partial charge is 0.419 e. The molecule has 0 unspecified atom stereocenters. The molecule has 7 heteroatoms. The van der Waals surface area contributed by atoms with E-state index in [1.165, 1.54) is 17.0 Å². The Morgan fingerprint density at radius 3 is 2.57 bits per heavy atom. The summed E-state index contributed by atoms with van der Waals surface area (Å²) in [6.45, 7) is 2.06. The summed E-state index contributed by atoms with van der Waals surface area (Å²) in [5, 5.41) is 0. The number of benzene rings is 1. The normalized spacial score (nSPS) is 11.3. The molecule has 2 N–H and O–H groups in total. The summed E-state index contributed by atoms with van der Waals surface area (Å²) in [4.78, 5) is 13.0. The van der Waals surface area contributed by atoms with Gasteiger partial charge in [0.05, 0.1) is 5.56 Å². The molecule has 1 aromatic carbocycles. The Morgan fingerprint density at radius 2 is 2.05 bits per heavy atom. The lowest BCUT2D eigenvalue weighted by Gasteiger charge is -2.18. The van der Waals surface area contributed by atoms with Gasteiger partial charge in [-0.15, -0.1) is 0 Å².